The third-order valence-electron chi connectivity index (χ3n) is 3.95. The summed E-state index contributed by atoms with van der Waals surface area (Å²) >= 11 is 1.47. The molecule has 2 aromatic heterocycles. The number of anilines is 1. The lowest BCUT2D eigenvalue weighted by Crippen LogP contribution is -2.27. The van der Waals surface area contributed by atoms with Crippen LogP contribution in [0.4, 0.5) is 5.69 Å². The Kier molecular flexibility index (Phi) is 3.63. The lowest BCUT2D eigenvalue weighted by molar-refractivity contribution is 0.0987. The average Bonchev–Trinajstić information content (AvgIpc) is 3.22. The SMILES string of the molecule is CN(C(=O)c1csc2nc(-c3ccccc3)cn12)c1ccccc1. The number of benzene rings is 2. The number of hydrogen-bond donors (Lipinski definition) is 0. The Morgan fingerprint density at radius 2 is 1.71 bits per heavy atom. The van der Waals surface area contributed by atoms with Gasteiger partial charge in [-0.05, 0) is 12.1 Å². The van der Waals surface area contributed by atoms with Crippen molar-refractivity contribution in [1.29, 1.82) is 0 Å². The molecule has 0 unspecified atom stereocenters. The fourth-order valence-electron chi connectivity index (χ4n) is 2.63. The van der Waals surface area contributed by atoms with Gasteiger partial charge in [0.05, 0.1) is 5.69 Å². The molecule has 0 radical (unpaired) electrons. The maximum Gasteiger partial charge on any atom is 0.275 e. The molecule has 118 valence electrons. The van der Waals surface area contributed by atoms with Crippen LogP contribution in [0, 0.1) is 0 Å². The van der Waals surface area contributed by atoms with Crippen LogP contribution in [0.3, 0.4) is 0 Å². The van der Waals surface area contributed by atoms with E-state index in [1.54, 1.807) is 11.9 Å². The first-order valence-corrected chi connectivity index (χ1v) is 8.47. The first-order valence-electron chi connectivity index (χ1n) is 7.59. The Bertz CT molecular complexity index is 989. The van der Waals surface area contributed by atoms with Crippen LogP contribution in [0.1, 0.15) is 10.5 Å². The molecule has 0 spiro atoms. The molecule has 0 aliphatic rings. The Morgan fingerprint density at radius 3 is 2.42 bits per heavy atom. The highest BCUT2D eigenvalue weighted by Crippen LogP contribution is 2.25. The predicted octanol–water partition coefficient (Wildman–Crippen LogP) is 4.34. The summed E-state index contributed by atoms with van der Waals surface area (Å²) in [4.78, 5) is 20.0. The van der Waals surface area contributed by atoms with E-state index in [4.69, 9.17) is 0 Å². The van der Waals surface area contributed by atoms with Crippen LogP contribution >= 0.6 is 11.3 Å². The van der Waals surface area contributed by atoms with E-state index in [-0.39, 0.29) is 5.91 Å². The summed E-state index contributed by atoms with van der Waals surface area (Å²) in [7, 11) is 1.79. The number of rotatable bonds is 3. The molecule has 2 heterocycles. The number of para-hydroxylation sites is 1. The van der Waals surface area contributed by atoms with Crippen molar-refractivity contribution < 1.29 is 4.79 Å². The second-order valence-corrected chi connectivity index (χ2v) is 6.30. The number of amides is 1. The first kappa shape index (κ1) is 14.7. The van der Waals surface area contributed by atoms with E-state index in [2.05, 4.69) is 4.98 Å². The fourth-order valence-corrected chi connectivity index (χ4v) is 3.47. The number of hydrogen-bond acceptors (Lipinski definition) is 3. The number of thiazole rings is 1. The first-order chi connectivity index (χ1) is 11.7. The van der Waals surface area contributed by atoms with E-state index in [1.165, 1.54) is 11.3 Å². The highest BCUT2D eigenvalue weighted by atomic mass is 32.1. The lowest BCUT2D eigenvalue weighted by atomic mass is 10.2. The summed E-state index contributed by atoms with van der Waals surface area (Å²) in [5.74, 6) is -0.0514. The monoisotopic (exact) mass is 333 g/mol. The van der Waals surface area contributed by atoms with Crippen molar-refractivity contribution in [2.45, 2.75) is 0 Å². The van der Waals surface area contributed by atoms with Gasteiger partial charge >= 0.3 is 0 Å². The molecule has 0 saturated heterocycles. The van der Waals surface area contributed by atoms with Gasteiger partial charge in [-0.3, -0.25) is 9.20 Å². The second-order valence-electron chi connectivity index (χ2n) is 5.47. The van der Waals surface area contributed by atoms with Crippen molar-refractivity contribution in [2.24, 2.45) is 0 Å². The summed E-state index contributed by atoms with van der Waals surface area (Å²) in [5, 5.41) is 1.86. The molecule has 4 nitrogen and oxygen atoms in total. The highest BCUT2D eigenvalue weighted by Gasteiger charge is 2.19. The van der Waals surface area contributed by atoms with E-state index in [0.717, 1.165) is 21.9 Å². The molecule has 0 saturated carbocycles. The quantitative estimate of drug-likeness (QED) is 0.559. The topological polar surface area (TPSA) is 37.6 Å². The Labute approximate surface area is 143 Å². The van der Waals surface area contributed by atoms with Gasteiger partial charge in [-0.15, -0.1) is 11.3 Å². The summed E-state index contributed by atoms with van der Waals surface area (Å²) in [6.07, 6.45) is 1.92. The zero-order valence-electron chi connectivity index (χ0n) is 13.1. The molecule has 0 bridgehead atoms. The normalized spacial score (nSPS) is 10.9. The van der Waals surface area contributed by atoms with Gasteiger partial charge in [-0.2, -0.15) is 0 Å². The highest BCUT2D eigenvalue weighted by molar-refractivity contribution is 7.15. The van der Waals surface area contributed by atoms with Crippen LogP contribution in [0.2, 0.25) is 0 Å². The van der Waals surface area contributed by atoms with Gasteiger partial charge < -0.3 is 4.90 Å². The minimum atomic E-state index is -0.0514. The van der Waals surface area contributed by atoms with E-state index in [1.807, 2.05) is 76.6 Å². The minimum absolute atomic E-state index is 0.0514. The van der Waals surface area contributed by atoms with Crippen LogP contribution < -0.4 is 4.90 Å². The van der Waals surface area contributed by atoms with E-state index >= 15 is 0 Å². The third kappa shape index (κ3) is 2.49. The maximum atomic E-state index is 12.8. The Balaban J connectivity index is 1.72. The van der Waals surface area contributed by atoms with Crippen molar-refractivity contribution in [2.75, 3.05) is 11.9 Å². The standard InChI is InChI=1S/C19H15N3OS/c1-21(15-10-6-3-7-11-15)18(23)17-13-24-19-20-16(12-22(17)19)14-8-4-2-5-9-14/h2-13H,1H3. The number of nitrogens with zero attached hydrogens (tertiary/aromatic N) is 3. The molecule has 0 aliphatic carbocycles. The van der Waals surface area contributed by atoms with Crippen molar-refractivity contribution >= 4 is 27.9 Å². The van der Waals surface area contributed by atoms with Crippen molar-refractivity contribution in [3.05, 3.63) is 77.9 Å². The molecule has 1 amide bonds. The van der Waals surface area contributed by atoms with Gasteiger partial charge in [0.1, 0.15) is 5.69 Å². The number of imidazole rings is 1. The zero-order valence-corrected chi connectivity index (χ0v) is 13.9. The Morgan fingerprint density at radius 1 is 1.04 bits per heavy atom. The molecule has 5 heteroatoms. The molecule has 2 aromatic carbocycles. The largest absolute Gasteiger partial charge is 0.310 e. The van der Waals surface area contributed by atoms with Crippen molar-refractivity contribution in [3.8, 4) is 11.3 Å². The molecule has 0 fully saturated rings. The number of carbonyl (C=O) groups is 1. The summed E-state index contributed by atoms with van der Waals surface area (Å²) in [6.45, 7) is 0. The van der Waals surface area contributed by atoms with Crippen LogP contribution in [0.5, 0.6) is 0 Å². The van der Waals surface area contributed by atoms with Crippen molar-refractivity contribution in [3.63, 3.8) is 0 Å². The van der Waals surface area contributed by atoms with Crippen LogP contribution in [-0.2, 0) is 0 Å². The molecule has 4 aromatic rings. The van der Waals surface area contributed by atoms with Crippen LogP contribution in [0.15, 0.2) is 72.2 Å². The summed E-state index contributed by atoms with van der Waals surface area (Å²) in [6, 6.07) is 19.6. The molecule has 0 atom stereocenters. The van der Waals surface area contributed by atoms with E-state index in [9.17, 15) is 4.79 Å². The van der Waals surface area contributed by atoms with Gasteiger partial charge in [0.25, 0.3) is 5.91 Å². The maximum absolute atomic E-state index is 12.8. The average molecular weight is 333 g/mol. The van der Waals surface area contributed by atoms with Gasteiger partial charge in [0.15, 0.2) is 4.96 Å². The predicted molar refractivity (Wildman–Crippen MR) is 97.7 cm³/mol. The molecule has 24 heavy (non-hydrogen) atoms. The third-order valence-corrected chi connectivity index (χ3v) is 4.79. The summed E-state index contributed by atoms with van der Waals surface area (Å²) < 4.78 is 1.87. The molecule has 0 aliphatic heterocycles. The summed E-state index contributed by atoms with van der Waals surface area (Å²) in [5.41, 5.74) is 3.41. The van der Waals surface area contributed by atoms with Crippen molar-refractivity contribution in [1.82, 2.24) is 9.38 Å². The van der Waals surface area contributed by atoms with Crippen LogP contribution in [0.25, 0.3) is 16.2 Å². The van der Waals surface area contributed by atoms with Crippen LogP contribution in [-0.4, -0.2) is 22.3 Å². The number of fused-ring (bicyclic) bond motifs is 1. The fraction of sp³-hybridized carbons (Fsp3) is 0.0526. The van der Waals surface area contributed by atoms with Gasteiger partial charge in [-0.25, -0.2) is 4.98 Å². The molecular formula is C19H15N3OS. The molecular weight excluding hydrogens is 318 g/mol. The molecule has 0 N–H and O–H groups in total. The van der Waals surface area contributed by atoms with Gasteiger partial charge in [0, 0.05) is 29.9 Å². The number of carbonyl (C=O) groups excluding carboxylic acids is 1. The second kappa shape index (κ2) is 5.94. The smallest absolute Gasteiger partial charge is 0.275 e. The van der Waals surface area contributed by atoms with Gasteiger partial charge in [0.2, 0.25) is 0 Å². The van der Waals surface area contributed by atoms with E-state index in [0.29, 0.717) is 5.69 Å². The van der Waals surface area contributed by atoms with Gasteiger partial charge in [-0.1, -0.05) is 48.5 Å². The van der Waals surface area contributed by atoms with E-state index < -0.39 is 0 Å². The minimum Gasteiger partial charge on any atom is -0.310 e. The zero-order chi connectivity index (χ0) is 16.5. The number of aromatic nitrogens is 2. The lowest BCUT2D eigenvalue weighted by Gasteiger charge is -2.16. The Hall–Kier alpha value is -2.92. The molecule has 4 rings (SSSR count).